The van der Waals surface area contributed by atoms with E-state index < -0.39 is 0 Å². The van der Waals surface area contributed by atoms with Gasteiger partial charge in [-0.1, -0.05) is 142 Å². The SMILES string of the molecule is CCC1CC2CCCC(C2)C12c1ccccc1-c1cc(N(c3ccc(-c4ccccc4)cc3)c3cccc4c3-c3ccccc3C43CC4CCC3C4)ccc12. The highest BCUT2D eigenvalue weighted by Gasteiger charge is 2.58. The Kier molecular flexibility index (Phi) is 7.10. The molecular formula is C54H51N. The maximum atomic E-state index is 2.62. The van der Waals surface area contributed by atoms with Gasteiger partial charge < -0.3 is 4.90 Å². The molecule has 4 bridgehead atoms. The van der Waals surface area contributed by atoms with Crippen LogP contribution < -0.4 is 4.90 Å². The van der Waals surface area contributed by atoms with Gasteiger partial charge in [0, 0.05) is 27.8 Å². The van der Waals surface area contributed by atoms with Crippen molar-refractivity contribution >= 4 is 17.1 Å². The van der Waals surface area contributed by atoms with Crippen LogP contribution >= 0.6 is 0 Å². The Morgan fingerprint density at radius 3 is 2.04 bits per heavy atom. The molecule has 0 saturated heterocycles. The van der Waals surface area contributed by atoms with Crippen LogP contribution in [0, 0.1) is 29.6 Å². The Hall–Kier alpha value is -4.88. The van der Waals surface area contributed by atoms with E-state index in [1.807, 2.05) is 0 Å². The summed E-state index contributed by atoms with van der Waals surface area (Å²) < 4.78 is 0. The highest BCUT2D eigenvalue weighted by atomic mass is 15.1. The lowest BCUT2D eigenvalue weighted by Gasteiger charge is -2.54. The second-order valence-electron chi connectivity index (χ2n) is 18.3. The predicted molar refractivity (Wildman–Crippen MR) is 228 cm³/mol. The van der Waals surface area contributed by atoms with Gasteiger partial charge >= 0.3 is 0 Å². The second-order valence-corrected chi connectivity index (χ2v) is 18.3. The molecule has 6 aliphatic rings. The van der Waals surface area contributed by atoms with Gasteiger partial charge in [-0.05, 0) is 149 Å². The zero-order chi connectivity index (χ0) is 36.3. The maximum Gasteiger partial charge on any atom is 0.0543 e. The van der Waals surface area contributed by atoms with Gasteiger partial charge in [0.25, 0.3) is 0 Å². The van der Waals surface area contributed by atoms with Gasteiger partial charge in [0.05, 0.1) is 5.69 Å². The van der Waals surface area contributed by atoms with Crippen molar-refractivity contribution < 1.29 is 0 Å². The Morgan fingerprint density at radius 2 is 1.24 bits per heavy atom. The topological polar surface area (TPSA) is 3.24 Å². The number of hydrogen-bond donors (Lipinski definition) is 0. The van der Waals surface area contributed by atoms with Crippen LogP contribution in [0.15, 0.2) is 140 Å². The minimum atomic E-state index is 0.124. The van der Waals surface area contributed by atoms with E-state index in [2.05, 4.69) is 151 Å². The Bertz CT molecular complexity index is 2450. The molecule has 6 aromatic carbocycles. The zero-order valence-corrected chi connectivity index (χ0v) is 32.2. The Morgan fingerprint density at radius 1 is 0.527 bits per heavy atom. The van der Waals surface area contributed by atoms with Crippen molar-refractivity contribution in [1.82, 2.24) is 0 Å². The van der Waals surface area contributed by atoms with Crippen LogP contribution in [0.25, 0.3) is 33.4 Å². The van der Waals surface area contributed by atoms with E-state index in [0.29, 0.717) is 5.92 Å². The fraction of sp³-hybridized carbons (Fsp3) is 0.333. The quantitative estimate of drug-likeness (QED) is 0.172. The number of rotatable bonds is 5. The average Bonchev–Trinajstić information content (AvgIpc) is 4.01. The van der Waals surface area contributed by atoms with Crippen molar-refractivity contribution in [3.63, 3.8) is 0 Å². The fourth-order valence-corrected chi connectivity index (χ4v) is 14.2. The third-order valence-corrected chi connectivity index (χ3v) is 16.1. The molecule has 55 heavy (non-hydrogen) atoms. The smallest absolute Gasteiger partial charge is 0.0543 e. The molecule has 7 unspecified atom stereocenters. The summed E-state index contributed by atoms with van der Waals surface area (Å²) in [6, 6.07) is 54.3. The lowest BCUT2D eigenvalue weighted by molar-refractivity contribution is 0.0557. The van der Waals surface area contributed by atoms with Gasteiger partial charge in [0.2, 0.25) is 0 Å². The largest absolute Gasteiger partial charge is 0.310 e. The molecule has 4 fully saturated rings. The van der Waals surface area contributed by atoms with Crippen LogP contribution in [0.5, 0.6) is 0 Å². The molecule has 7 atom stereocenters. The zero-order valence-electron chi connectivity index (χ0n) is 32.2. The van der Waals surface area contributed by atoms with E-state index in [4.69, 9.17) is 0 Å². The van der Waals surface area contributed by atoms with E-state index in [0.717, 1.165) is 23.7 Å². The standard InChI is InChI=1S/C54H51N/c1-2-39-30-35-12-10-15-41(31-35)54(39)48-19-9-6-16-44(48)46-33-43(28-29-49(46)54)55(42-26-23-38(24-27-42)37-13-4-3-5-14-37)51-21-11-20-50-52(51)45-17-7-8-18-47(45)53(50)34-36-22-25-40(53)32-36/h3-9,11,13-14,16-21,23-24,26-29,33,35-36,39-41H,2,10,12,15,22,25,30-32,34H2,1H3. The highest BCUT2D eigenvalue weighted by Crippen LogP contribution is 2.68. The van der Waals surface area contributed by atoms with Gasteiger partial charge in [-0.25, -0.2) is 0 Å². The van der Waals surface area contributed by atoms with Crippen LogP contribution in [0.2, 0.25) is 0 Å². The summed E-state index contributed by atoms with van der Waals surface area (Å²) in [4.78, 5) is 2.62. The molecule has 272 valence electrons. The van der Waals surface area contributed by atoms with Crippen molar-refractivity contribution in [2.24, 2.45) is 29.6 Å². The van der Waals surface area contributed by atoms with Crippen molar-refractivity contribution in [3.05, 3.63) is 162 Å². The van der Waals surface area contributed by atoms with Crippen LogP contribution in [0.3, 0.4) is 0 Å². The monoisotopic (exact) mass is 713 g/mol. The Balaban J connectivity index is 1.08. The van der Waals surface area contributed by atoms with E-state index in [-0.39, 0.29) is 10.8 Å². The molecule has 4 saturated carbocycles. The number of hydrogen-bond acceptors (Lipinski definition) is 1. The molecule has 0 amide bonds. The summed E-state index contributed by atoms with van der Waals surface area (Å²) in [5.41, 5.74) is 18.8. The molecule has 0 aliphatic heterocycles. The van der Waals surface area contributed by atoms with Gasteiger partial charge in [0.1, 0.15) is 0 Å². The predicted octanol–water partition coefficient (Wildman–Crippen LogP) is 14.4. The molecule has 0 N–H and O–H groups in total. The van der Waals surface area contributed by atoms with Gasteiger partial charge in [0.15, 0.2) is 0 Å². The summed E-state index contributed by atoms with van der Waals surface area (Å²) in [7, 11) is 0. The summed E-state index contributed by atoms with van der Waals surface area (Å²) in [5.74, 6) is 3.91. The summed E-state index contributed by atoms with van der Waals surface area (Å²) in [6.45, 7) is 2.47. The van der Waals surface area contributed by atoms with Crippen LogP contribution in [0.4, 0.5) is 17.1 Å². The van der Waals surface area contributed by atoms with Crippen molar-refractivity contribution in [1.29, 1.82) is 0 Å². The van der Waals surface area contributed by atoms with E-state index in [1.54, 1.807) is 22.3 Å². The fourth-order valence-electron chi connectivity index (χ4n) is 14.2. The second kappa shape index (κ2) is 12.1. The molecule has 0 radical (unpaired) electrons. The number of anilines is 3. The van der Waals surface area contributed by atoms with Gasteiger partial charge in [-0.2, -0.15) is 0 Å². The summed E-state index contributed by atoms with van der Waals surface area (Å²) in [6.07, 6.45) is 13.7. The Labute approximate surface area is 327 Å². The maximum absolute atomic E-state index is 2.62. The third-order valence-electron chi connectivity index (χ3n) is 16.1. The summed E-state index contributed by atoms with van der Waals surface area (Å²) in [5, 5.41) is 0. The minimum Gasteiger partial charge on any atom is -0.310 e. The first kappa shape index (κ1) is 32.4. The normalized spacial score (nSPS) is 28.9. The van der Waals surface area contributed by atoms with Crippen LogP contribution in [0.1, 0.15) is 93.4 Å². The van der Waals surface area contributed by atoms with Crippen molar-refractivity contribution in [3.8, 4) is 33.4 Å². The molecule has 12 rings (SSSR count). The highest BCUT2D eigenvalue weighted by molar-refractivity contribution is 5.96. The van der Waals surface area contributed by atoms with E-state index in [1.165, 1.54) is 115 Å². The molecule has 2 spiro atoms. The molecule has 6 aliphatic carbocycles. The first-order chi connectivity index (χ1) is 27.2. The number of benzene rings is 6. The lowest BCUT2D eigenvalue weighted by atomic mass is 9.50. The molecule has 1 nitrogen and oxygen atoms in total. The van der Waals surface area contributed by atoms with Gasteiger partial charge in [-0.15, -0.1) is 0 Å². The number of fused-ring (bicyclic) bond motifs is 16. The molecular weight excluding hydrogens is 663 g/mol. The first-order valence-electron chi connectivity index (χ1n) is 21.6. The summed E-state index contributed by atoms with van der Waals surface area (Å²) >= 11 is 0. The van der Waals surface area contributed by atoms with Crippen molar-refractivity contribution in [2.75, 3.05) is 4.90 Å². The third kappa shape index (κ3) is 4.36. The van der Waals surface area contributed by atoms with Crippen LogP contribution in [-0.2, 0) is 10.8 Å². The van der Waals surface area contributed by atoms with Crippen LogP contribution in [-0.4, -0.2) is 0 Å². The minimum absolute atomic E-state index is 0.124. The first-order valence-corrected chi connectivity index (χ1v) is 21.6. The number of nitrogens with zero attached hydrogens (tertiary/aromatic N) is 1. The van der Waals surface area contributed by atoms with Crippen molar-refractivity contribution in [2.45, 2.75) is 82.0 Å². The molecule has 0 heterocycles. The molecule has 1 heteroatoms. The average molecular weight is 714 g/mol. The van der Waals surface area contributed by atoms with E-state index >= 15 is 0 Å². The van der Waals surface area contributed by atoms with Gasteiger partial charge in [-0.3, -0.25) is 0 Å². The molecule has 6 aromatic rings. The van der Waals surface area contributed by atoms with E-state index in [9.17, 15) is 0 Å². The molecule has 0 aromatic heterocycles. The lowest BCUT2D eigenvalue weighted by Crippen LogP contribution is -2.48.